The first kappa shape index (κ1) is 21.7. The minimum Gasteiger partial charge on any atom is -0.489 e. The van der Waals surface area contributed by atoms with Gasteiger partial charge in [0.2, 0.25) is 0 Å². The Morgan fingerprint density at radius 1 is 1.03 bits per heavy atom. The van der Waals surface area contributed by atoms with Gasteiger partial charge in [-0.15, -0.1) is 0 Å². The van der Waals surface area contributed by atoms with Gasteiger partial charge in [-0.05, 0) is 68.8 Å². The van der Waals surface area contributed by atoms with Gasteiger partial charge in [0, 0.05) is 24.0 Å². The molecule has 4 nitrogen and oxygen atoms in total. The Bertz CT molecular complexity index is 1100. The Balaban J connectivity index is 1.32. The summed E-state index contributed by atoms with van der Waals surface area (Å²) in [6.45, 7) is 5.18. The van der Waals surface area contributed by atoms with E-state index >= 15 is 0 Å². The van der Waals surface area contributed by atoms with E-state index in [4.69, 9.17) is 4.74 Å². The van der Waals surface area contributed by atoms with Gasteiger partial charge in [0.1, 0.15) is 24.0 Å². The normalized spacial score (nSPS) is 20.5. The van der Waals surface area contributed by atoms with E-state index in [1.807, 2.05) is 25.3 Å². The second-order valence-corrected chi connectivity index (χ2v) is 8.86. The van der Waals surface area contributed by atoms with Gasteiger partial charge < -0.3 is 15.0 Å². The van der Waals surface area contributed by atoms with Crippen molar-refractivity contribution < 1.29 is 13.5 Å². The Hall–Kier alpha value is -3.12. The highest BCUT2D eigenvalue weighted by Crippen LogP contribution is 2.35. The van der Waals surface area contributed by atoms with E-state index in [0.717, 1.165) is 23.5 Å². The number of hydrogen-bond acceptors (Lipinski definition) is 4. The molecule has 0 radical (unpaired) electrons. The number of nitrogens with one attached hydrogen (secondary N) is 1. The van der Waals surface area contributed by atoms with Gasteiger partial charge in [0.15, 0.2) is 6.17 Å². The van der Waals surface area contributed by atoms with Crippen molar-refractivity contribution in [2.75, 3.05) is 13.1 Å². The summed E-state index contributed by atoms with van der Waals surface area (Å²) >= 11 is 0. The molecule has 0 bridgehead atoms. The molecule has 3 aliphatic heterocycles. The molecule has 1 unspecified atom stereocenters. The molecule has 0 amide bonds. The molecule has 1 atom stereocenters. The SMILES string of the molecule is CC1=C(c2cccc(CN3CCCCC3)c2)N2C=CC=C(OCc3c(F)cccc3F)C2N1. The molecular weight excluding hydrogens is 420 g/mol. The Labute approximate surface area is 193 Å². The molecular formula is C27H29F2N3O. The topological polar surface area (TPSA) is 27.7 Å². The Morgan fingerprint density at radius 2 is 1.79 bits per heavy atom. The van der Waals surface area contributed by atoms with E-state index < -0.39 is 11.6 Å². The summed E-state index contributed by atoms with van der Waals surface area (Å²) in [5.74, 6) is -0.573. The van der Waals surface area contributed by atoms with Gasteiger partial charge in [0.25, 0.3) is 0 Å². The predicted octanol–water partition coefficient (Wildman–Crippen LogP) is 5.50. The summed E-state index contributed by atoms with van der Waals surface area (Å²) in [5.41, 5.74) is 4.51. The first-order chi connectivity index (χ1) is 16.1. The van der Waals surface area contributed by atoms with Crippen LogP contribution in [0.25, 0.3) is 5.70 Å². The number of benzene rings is 2. The molecule has 172 valence electrons. The molecule has 2 aromatic carbocycles. The number of hydrogen-bond donors (Lipinski definition) is 1. The molecule has 0 aliphatic carbocycles. The maximum Gasteiger partial charge on any atom is 0.162 e. The van der Waals surface area contributed by atoms with Crippen molar-refractivity contribution in [1.82, 2.24) is 15.1 Å². The van der Waals surface area contributed by atoms with Crippen LogP contribution < -0.4 is 5.32 Å². The lowest BCUT2D eigenvalue weighted by atomic mass is 10.0. The van der Waals surface area contributed by atoms with Crippen LogP contribution in [0.2, 0.25) is 0 Å². The quantitative estimate of drug-likeness (QED) is 0.630. The van der Waals surface area contributed by atoms with Crippen molar-refractivity contribution in [3.8, 4) is 0 Å². The number of halogens is 2. The molecule has 0 saturated carbocycles. The highest BCUT2D eigenvalue weighted by atomic mass is 19.1. The van der Waals surface area contributed by atoms with Crippen LogP contribution in [-0.2, 0) is 17.9 Å². The maximum atomic E-state index is 14.0. The first-order valence-electron chi connectivity index (χ1n) is 11.6. The van der Waals surface area contributed by atoms with Gasteiger partial charge in [0.05, 0.1) is 11.3 Å². The van der Waals surface area contributed by atoms with Crippen LogP contribution in [-0.4, -0.2) is 29.1 Å². The summed E-state index contributed by atoms with van der Waals surface area (Å²) in [7, 11) is 0. The molecule has 5 rings (SSSR count). The van der Waals surface area contributed by atoms with Crippen molar-refractivity contribution >= 4 is 5.70 Å². The standard InChI is InChI=1S/C27H29F2N3O/c1-19-26(21-9-5-8-20(16-21)17-31-13-3-2-4-14-31)32-15-7-12-25(27(32)30-19)33-18-22-23(28)10-6-11-24(22)29/h5-12,15-16,27,30H,2-4,13-14,17-18H2,1H3. The van der Waals surface area contributed by atoms with Crippen molar-refractivity contribution in [3.63, 3.8) is 0 Å². The van der Waals surface area contributed by atoms with Gasteiger partial charge >= 0.3 is 0 Å². The lowest BCUT2D eigenvalue weighted by molar-refractivity contribution is 0.145. The van der Waals surface area contributed by atoms with Gasteiger partial charge in [-0.2, -0.15) is 0 Å². The highest BCUT2D eigenvalue weighted by molar-refractivity contribution is 5.71. The number of likely N-dealkylation sites (tertiary alicyclic amines) is 1. The molecule has 2 aromatic rings. The molecule has 3 aliphatic rings. The molecule has 0 spiro atoms. The number of nitrogens with zero attached hydrogens (tertiary/aromatic N) is 2. The molecule has 1 saturated heterocycles. The van der Waals surface area contributed by atoms with Crippen LogP contribution >= 0.6 is 0 Å². The number of piperidine rings is 1. The van der Waals surface area contributed by atoms with E-state index in [2.05, 4.69) is 39.4 Å². The fourth-order valence-corrected chi connectivity index (χ4v) is 4.87. The van der Waals surface area contributed by atoms with E-state index in [1.165, 1.54) is 56.1 Å². The van der Waals surface area contributed by atoms with Crippen LogP contribution in [0.3, 0.4) is 0 Å². The van der Waals surface area contributed by atoms with Crippen molar-refractivity contribution in [3.05, 3.63) is 101 Å². The highest BCUT2D eigenvalue weighted by Gasteiger charge is 2.34. The second-order valence-electron chi connectivity index (χ2n) is 8.86. The van der Waals surface area contributed by atoms with Crippen LogP contribution in [0.1, 0.15) is 42.9 Å². The third-order valence-corrected chi connectivity index (χ3v) is 6.52. The average Bonchev–Trinajstić information content (AvgIpc) is 3.16. The number of rotatable bonds is 6. The van der Waals surface area contributed by atoms with Crippen molar-refractivity contribution in [2.45, 2.75) is 45.5 Å². The first-order valence-corrected chi connectivity index (χ1v) is 11.6. The lowest BCUT2D eigenvalue weighted by Gasteiger charge is -2.30. The van der Waals surface area contributed by atoms with Crippen LogP contribution in [0.5, 0.6) is 0 Å². The largest absolute Gasteiger partial charge is 0.489 e. The zero-order valence-corrected chi connectivity index (χ0v) is 18.9. The summed E-state index contributed by atoms with van der Waals surface area (Å²) in [5, 5.41) is 3.48. The molecule has 1 N–H and O–H groups in total. The zero-order valence-electron chi connectivity index (χ0n) is 18.9. The third kappa shape index (κ3) is 4.53. The minimum absolute atomic E-state index is 0.0622. The molecule has 0 aromatic heterocycles. The summed E-state index contributed by atoms with van der Waals surface area (Å²) in [6, 6.07) is 12.6. The van der Waals surface area contributed by atoms with Crippen LogP contribution in [0.15, 0.2) is 72.3 Å². The van der Waals surface area contributed by atoms with Gasteiger partial charge in [-0.1, -0.05) is 30.7 Å². The third-order valence-electron chi connectivity index (χ3n) is 6.52. The zero-order chi connectivity index (χ0) is 22.8. The van der Waals surface area contributed by atoms with E-state index in [1.54, 1.807) is 0 Å². The van der Waals surface area contributed by atoms with Gasteiger partial charge in [-0.25, -0.2) is 8.78 Å². The van der Waals surface area contributed by atoms with E-state index in [9.17, 15) is 8.78 Å². The number of ether oxygens (including phenoxy) is 1. The van der Waals surface area contributed by atoms with Crippen molar-refractivity contribution in [2.24, 2.45) is 0 Å². The Kier molecular flexibility index (Phi) is 6.18. The molecule has 3 heterocycles. The summed E-state index contributed by atoms with van der Waals surface area (Å²) < 4.78 is 34.0. The maximum absolute atomic E-state index is 14.0. The minimum atomic E-state index is -0.598. The monoisotopic (exact) mass is 449 g/mol. The van der Waals surface area contributed by atoms with E-state index in [0.29, 0.717) is 5.76 Å². The average molecular weight is 450 g/mol. The Morgan fingerprint density at radius 3 is 2.58 bits per heavy atom. The molecule has 1 fully saturated rings. The van der Waals surface area contributed by atoms with Crippen molar-refractivity contribution in [1.29, 1.82) is 0 Å². The van der Waals surface area contributed by atoms with Gasteiger partial charge in [-0.3, -0.25) is 4.90 Å². The summed E-state index contributed by atoms with van der Waals surface area (Å²) in [6.07, 6.45) is 9.40. The lowest BCUT2D eigenvalue weighted by Crippen LogP contribution is -2.38. The van der Waals surface area contributed by atoms with Crippen LogP contribution in [0, 0.1) is 11.6 Å². The smallest absolute Gasteiger partial charge is 0.162 e. The number of fused-ring (bicyclic) bond motifs is 1. The second kappa shape index (κ2) is 9.40. The fraction of sp³-hybridized carbons (Fsp3) is 0.333. The molecule has 6 heteroatoms. The fourth-order valence-electron chi connectivity index (χ4n) is 4.87. The summed E-state index contributed by atoms with van der Waals surface area (Å²) in [4.78, 5) is 4.65. The predicted molar refractivity (Wildman–Crippen MR) is 125 cm³/mol. The molecule has 33 heavy (non-hydrogen) atoms. The van der Waals surface area contributed by atoms with Crippen LogP contribution in [0.4, 0.5) is 8.78 Å². The van der Waals surface area contributed by atoms with E-state index in [-0.39, 0.29) is 18.3 Å². The number of allylic oxidation sites excluding steroid dienone is 3.